The number of aromatic nitrogens is 3. The molecular formula is C28H36FN7O3S. The number of nitriles is 1. The first-order valence-corrected chi connectivity index (χ1v) is 15.2. The van der Waals surface area contributed by atoms with Crippen LogP contribution in [0.15, 0.2) is 0 Å². The third-order valence-corrected chi connectivity index (χ3v) is 10.5. The van der Waals surface area contributed by atoms with Gasteiger partial charge in [0, 0.05) is 61.4 Å². The highest BCUT2D eigenvalue weighted by molar-refractivity contribution is 7.16. The fourth-order valence-electron chi connectivity index (χ4n) is 6.84. The summed E-state index contributed by atoms with van der Waals surface area (Å²) in [5.41, 5.74) is 0.671. The van der Waals surface area contributed by atoms with Crippen molar-refractivity contribution in [3.8, 4) is 22.8 Å². The van der Waals surface area contributed by atoms with E-state index in [1.807, 2.05) is 0 Å². The van der Waals surface area contributed by atoms with Crippen LogP contribution in [-0.2, 0) is 16.6 Å². The molecule has 5 aliphatic rings. The van der Waals surface area contributed by atoms with E-state index in [9.17, 15) is 14.8 Å². The molecule has 0 aromatic carbocycles. The highest BCUT2D eigenvalue weighted by Crippen LogP contribution is 2.51. The van der Waals surface area contributed by atoms with Crippen LogP contribution in [0.5, 0.6) is 6.01 Å². The van der Waals surface area contributed by atoms with Crippen LogP contribution in [0.25, 0.3) is 10.7 Å². The molecule has 3 aliphatic heterocycles. The van der Waals surface area contributed by atoms with E-state index in [2.05, 4.69) is 21.3 Å². The lowest BCUT2D eigenvalue weighted by molar-refractivity contribution is 0.0160. The molecule has 4 fully saturated rings. The van der Waals surface area contributed by atoms with Crippen molar-refractivity contribution < 1.29 is 19.0 Å². The number of nitrogens with zero attached hydrogens (tertiary/aromatic N) is 6. The number of aryl methyl sites for hydroxylation is 1. The number of anilines is 1. The molecule has 7 rings (SSSR count). The van der Waals surface area contributed by atoms with Gasteiger partial charge in [0.15, 0.2) is 5.82 Å². The standard InChI is InChI=1S/C28H36FN7O3S/c1-26(37)10-18(29)12-36(15-26)24-32-23(22-19(11-30)21-20(40-22)2-3-28(21)13-31-14-28)33-25(34-24)39-17-27(4-5-27)16-35-6-8-38-9-7-35/h18,31,37H,2-10,12-17H2,1H3. The Balaban J connectivity index is 1.21. The van der Waals surface area contributed by atoms with Crippen LogP contribution >= 0.6 is 11.3 Å². The summed E-state index contributed by atoms with van der Waals surface area (Å²) < 4.78 is 26.5. The first-order valence-electron chi connectivity index (χ1n) is 14.3. The van der Waals surface area contributed by atoms with E-state index in [0.29, 0.717) is 18.0 Å². The minimum Gasteiger partial charge on any atom is -0.463 e. The number of hydrogen-bond acceptors (Lipinski definition) is 11. The average Bonchev–Trinajstić information content (AvgIpc) is 3.39. The Bertz CT molecular complexity index is 1330. The van der Waals surface area contributed by atoms with Gasteiger partial charge in [-0.15, -0.1) is 11.3 Å². The number of alkyl halides is 1. The minimum absolute atomic E-state index is 0.0230. The van der Waals surface area contributed by atoms with Gasteiger partial charge in [-0.25, -0.2) is 4.39 Å². The van der Waals surface area contributed by atoms with Crippen molar-refractivity contribution in [2.24, 2.45) is 5.41 Å². The van der Waals surface area contributed by atoms with E-state index < -0.39 is 11.8 Å². The topological polar surface area (TPSA) is 120 Å². The number of β-amino-alcohol motifs (C(OH)–C–C–N with tert-alkyl or cyclic N) is 1. The zero-order chi connectivity index (χ0) is 27.5. The molecule has 2 aromatic rings. The maximum absolute atomic E-state index is 14.7. The fraction of sp³-hybridized carbons (Fsp3) is 0.714. The van der Waals surface area contributed by atoms with Gasteiger partial charge in [0.25, 0.3) is 0 Å². The second-order valence-corrected chi connectivity index (χ2v) is 13.8. The maximum atomic E-state index is 14.7. The van der Waals surface area contributed by atoms with E-state index in [4.69, 9.17) is 19.4 Å². The number of nitrogens with one attached hydrogen (secondary N) is 1. The summed E-state index contributed by atoms with van der Waals surface area (Å²) in [5, 5.41) is 24.4. The van der Waals surface area contributed by atoms with E-state index in [1.54, 1.807) is 23.2 Å². The molecule has 2 atom stereocenters. The number of rotatable bonds is 7. The third-order valence-electron chi connectivity index (χ3n) is 9.21. The van der Waals surface area contributed by atoms with Gasteiger partial charge in [0.1, 0.15) is 12.2 Å². The number of piperidine rings is 1. The molecule has 2 aliphatic carbocycles. The van der Waals surface area contributed by atoms with Gasteiger partial charge in [-0.3, -0.25) is 4.90 Å². The Morgan fingerprint density at radius 1 is 1.23 bits per heavy atom. The molecular weight excluding hydrogens is 533 g/mol. The number of thiophene rings is 1. The summed E-state index contributed by atoms with van der Waals surface area (Å²) in [7, 11) is 0. The SMILES string of the molecule is CC1(O)CC(F)CN(c2nc(OCC3(CN4CCOCC4)CC3)nc(-c3sc4c(c3C#N)C3(CC4)CNC3)n2)C1. The van der Waals surface area contributed by atoms with Gasteiger partial charge in [0.05, 0.1) is 42.4 Å². The Kier molecular flexibility index (Phi) is 6.51. The predicted octanol–water partition coefficient (Wildman–Crippen LogP) is 2.05. The van der Waals surface area contributed by atoms with Crippen molar-refractivity contribution in [1.82, 2.24) is 25.2 Å². The number of morpholine rings is 1. The van der Waals surface area contributed by atoms with Crippen LogP contribution < -0.4 is 15.0 Å². The number of halogens is 1. The summed E-state index contributed by atoms with van der Waals surface area (Å²) in [6.07, 6.45) is 3.03. The van der Waals surface area contributed by atoms with Gasteiger partial charge < -0.3 is 24.8 Å². The lowest BCUT2D eigenvalue weighted by Gasteiger charge is -2.40. The second-order valence-electron chi connectivity index (χ2n) is 12.7. The maximum Gasteiger partial charge on any atom is 0.321 e. The molecule has 5 heterocycles. The average molecular weight is 570 g/mol. The lowest BCUT2D eigenvalue weighted by Crippen LogP contribution is -2.55. The number of hydrogen-bond donors (Lipinski definition) is 2. The first kappa shape index (κ1) is 26.5. The third kappa shape index (κ3) is 4.86. The Morgan fingerprint density at radius 2 is 2.02 bits per heavy atom. The summed E-state index contributed by atoms with van der Waals surface area (Å²) in [5.74, 6) is 0.662. The van der Waals surface area contributed by atoms with Crippen molar-refractivity contribution in [2.45, 2.75) is 56.2 Å². The zero-order valence-corrected chi connectivity index (χ0v) is 23.7. The smallest absolute Gasteiger partial charge is 0.321 e. The first-order chi connectivity index (χ1) is 19.3. The molecule has 40 heavy (non-hydrogen) atoms. The van der Waals surface area contributed by atoms with Crippen molar-refractivity contribution in [1.29, 1.82) is 5.26 Å². The van der Waals surface area contributed by atoms with Gasteiger partial charge in [0.2, 0.25) is 5.95 Å². The lowest BCUT2D eigenvalue weighted by atomic mass is 9.75. The highest BCUT2D eigenvalue weighted by atomic mass is 32.1. The molecule has 3 saturated heterocycles. The number of ether oxygens (including phenoxy) is 2. The highest BCUT2D eigenvalue weighted by Gasteiger charge is 2.48. The summed E-state index contributed by atoms with van der Waals surface area (Å²) in [6, 6.07) is 2.65. The van der Waals surface area contributed by atoms with E-state index >= 15 is 0 Å². The van der Waals surface area contributed by atoms with E-state index in [-0.39, 0.29) is 42.3 Å². The van der Waals surface area contributed by atoms with Crippen LogP contribution in [-0.4, -0.2) is 102 Å². The molecule has 214 valence electrons. The van der Waals surface area contributed by atoms with Crippen LogP contribution in [0.4, 0.5) is 10.3 Å². The summed E-state index contributed by atoms with van der Waals surface area (Å²) in [4.78, 5) is 20.2. The van der Waals surface area contributed by atoms with Crippen LogP contribution in [0.3, 0.4) is 0 Å². The van der Waals surface area contributed by atoms with Gasteiger partial charge >= 0.3 is 6.01 Å². The molecule has 0 amide bonds. The Morgan fingerprint density at radius 3 is 2.70 bits per heavy atom. The van der Waals surface area contributed by atoms with Crippen molar-refractivity contribution >= 4 is 17.3 Å². The molecule has 10 nitrogen and oxygen atoms in total. The Hall–Kier alpha value is -2.43. The fourth-order valence-corrected chi connectivity index (χ4v) is 8.14. The van der Waals surface area contributed by atoms with E-state index in [1.165, 1.54) is 4.88 Å². The molecule has 2 aromatic heterocycles. The largest absolute Gasteiger partial charge is 0.463 e. The monoisotopic (exact) mass is 569 g/mol. The van der Waals surface area contributed by atoms with Crippen LogP contribution in [0.2, 0.25) is 0 Å². The normalized spacial score (nSPS) is 28.6. The summed E-state index contributed by atoms with van der Waals surface area (Å²) in [6.45, 7) is 8.50. The molecule has 1 spiro atoms. The summed E-state index contributed by atoms with van der Waals surface area (Å²) >= 11 is 1.58. The molecule has 1 saturated carbocycles. The van der Waals surface area contributed by atoms with Crippen LogP contribution in [0, 0.1) is 16.7 Å². The predicted molar refractivity (Wildman–Crippen MR) is 147 cm³/mol. The zero-order valence-electron chi connectivity index (χ0n) is 22.9. The Labute approximate surface area is 237 Å². The van der Waals surface area contributed by atoms with Crippen molar-refractivity contribution in [3.63, 3.8) is 0 Å². The molecule has 0 bridgehead atoms. The number of fused-ring (bicyclic) bond motifs is 2. The van der Waals surface area contributed by atoms with Crippen molar-refractivity contribution in [2.75, 3.05) is 70.5 Å². The molecule has 2 unspecified atom stereocenters. The van der Waals surface area contributed by atoms with Gasteiger partial charge in [-0.2, -0.15) is 20.2 Å². The van der Waals surface area contributed by atoms with E-state index in [0.717, 1.165) is 82.1 Å². The quantitative estimate of drug-likeness (QED) is 0.513. The van der Waals surface area contributed by atoms with Crippen molar-refractivity contribution in [3.05, 3.63) is 16.0 Å². The minimum atomic E-state index is -1.21. The van der Waals surface area contributed by atoms with Gasteiger partial charge in [-0.1, -0.05) is 0 Å². The molecule has 12 heteroatoms. The second kappa shape index (κ2) is 9.84. The molecule has 2 N–H and O–H groups in total. The number of aliphatic hydroxyl groups is 1. The van der Waals surface area contributed by atoms with Gasteiger partial charge in [-0.05, 0) is 38.2 Å². The molecule has 0 radical (unpaired) electrons. The van der Waals surface area contributed by atoms with Crippen LogP contribution in [0.1, 0.15) is 48.6 Å².